The summed E-state index contributed by atoms with van der Waals surface area (Å²) in [6.07, 6.45) is 0. The van der Waals surface area contributed by atoms with Gasteiger partial charge in [0.1, 0.15) is 0 Å². The normalized spacial score (nSPS) is 11.9. The summed E-state index contributed by atoms with van der Waals surface area (Å²) in [4.78, 5) is 1.32. The van der Waals surface area contributed by atoms with Crippen LogP contribution in [0.4, 0.5) is 5.69 Å². The summed E-state index contributed by atoms with van der Waals surface area (Å²) in [6.45, 7) is 4.27. The smallest absolute Gasteiger partial charge is 0.203 e. The van der Waals surface area contributed by atoms with E-state index in [1.165, 1.54) is 10.4 Å². The van der Waals surface area contributed by atoms with Crippen molar-refractivity contribution in [3.05, 3.63) is 34.0 Å². The first-order valence-electron chi connectivity index (χ1n) is 6.71. The fourth-order valence-electron chi connectivity index (χ4n) is 2.31. The zero-order chi connectivity index (χ0) is 15.4. The minimum absolute atomic E-state index is 0.216. The van der Waals surface area contributed by atoms with Crippen LogP contribution in [0.15, 0.2) is 23.6 Å². The summed E-state index contributed by atoms with van der Waals surface area (Å²) in [5.41, 5.74) is 2.23. The van der Waals surface area contributed by atoms with Crippen LogP contribution in [0.25, 0.3) is 0 Å². The van der Waals surface area contributed by atoms with Gasteiger partial charge in [0.05, 0.1) is 27.4 Å². The van der Waals surface area contributed by atoms with Gasteiger partial charge in [0.25, 0.3) is 0 Å². The highest BCUT2D eigenvalue weighted by Gasteiger charge is 2.15. The fourth-order valence-corrected chi connectivity index (χ4v) is 3.24. The molecular formula is C16H21NO3S. The van der Waals surface area contributed by atoms with Gasteiger partial charge in [-0.25, -0.2) is 0 Å². The van der Waals surface area contributed by atoms with Crippen molar-refractivity contribution < 1.29 is 14.2 Å². The van der Waals surface area contributed by atoms with Crippen LogP contribution in [0.3, 0.4) is 0 Å². The van der Waals surface area contributed by atoms with E-state index in [2.05, 4.69) is 30.6 Å². The fraction of sp³-hybridized carbons (Fsp3) is 0.375. The molecule has 21 heavy (non-hydrogen) atoms. The average Bonchev–Trinajstić information content (AvgIpc) is 2.92. The molecule has 114 valence electrons. The summed E-state index contributed by atoms with van der Waals surface area (Å²) in [6, 6.07) is 6.18. The quantitative estimate of drug-likeness (QED) is 0.866. The maximum Gasteiger partial charge on any atom is 0.203 e. The molecule has 0 aliphatic rings. The third-order valence-corrected chi connectivity index (χ3v) is 4.54. The van der Waals surface area contributed by atoms with Crippen molar-refractivity contribution in [3.63, 3.8) is 0 Å². The van der Waals surface area contributed by atoms with Crippen molar-refractivity contribution >= 4 is 17.0 Å². The van der Waals surface area contributed by atoms with Crippen molar-refractivity contribution in [2.45, 2.75) is 19.9 Å². The Hall–Kier alpha value is -1.88. The van der Waals surface area contributed by atoms with E-state index in [4.69, 9.17) is 14.2 Å². The molecule has 0 aliphatic carbocycles. The van der Waals surface area contributed by atoms with Gasteiger partial charge in [-0.1, -0.05) is 0 Å². The molecule has 1 aromatic heterocycles. The molecule has 1 unspecified atom stereocenters. The van der Waals surface area contributed by atoms with Gasteiger partial charge in [-0.05, 0) is 30.9 Å². The summed E-state index contributed by atoms with van der Waals surface area (Å²) in [5, 5.41) is 5.59. The average molecular weight is 307 g/mol. The lowest BCUT2D eigenvalue weighted by atomic mass is 10.1. The first-order chi connectivity index (χ1) is 10.1. The zero-order valence-electron chi connectivity index (χ0n) is 13.0. The van der Waals surface area contributed by atoms with Crippen molar-refractivity contribution in [3.8, 4) is 17.2 Å². The lowest BCUT2D eigenvalue weighted by molar-refractivity contribution is 0.324. The largest absolute Gasteiger partial charge is 0.493 e. The van der Waals surface area contributed by atoms with E-state index in [0.717, 1.165) is 5.69 Å². The first kappa shape index (κ1) is 15.5. The molecular weight excluding hydrogens is 286 g/mol. The van der Waals surface area contributed by atoms with Crippen LogP contribution < -0.4 is 19.5 Å². The topological polar surface area (TPSA) is 39.7 Å². The number of ether oxygens (including phenoxy) is 3. The number of hydrogen-bond donors (Lipinski definition) is 1. The minimum atomic E-state index is 0.216. The van der Waals surface area contributed by atoms with E-state index in [-0.39, 0.29) is 6.04 Å². The van der Waals surface area contributed by atoms with Crippen molar-refractivity contribution in [2.75, 3.05) is 26.6 Å². The number of hydrogen-bond acceptors (Lipinski definition) is 5. The van der Waals surface area contributed by atoms with Crippen molar-refractivity contribution in [2.24, 2.45) is 0 Å². The Balaban J connectivity index is 2.30. The van der Waals surface area contributed by atoms with Gasteiger partial charge >= 0.3 is 0 Å². The van der Waals surface area contributed by atoms with E-state index in [9.17, 15) is 0 Å². The molecule has 1 N–H and O–H groups in total. The third-order valence-electron chi connectivity index (χ3n) is 3.34. The number of methoxy groups -OCH3 is 3. The molecule has 0 saturated carbocycles. The van der Waals surface area contributed by atoms with E-state index >= 15 is 0 Å². The van der Waals surface area contributed by atoms with Crippen LogP contribution in [-0.4, -0.2) is 21.3 Å². The predicted molar refractivity (Wildman–Crippen MR) is 87.2 cm³/mol. The molecule has 2 aromatic rings. The van der Waals surface area contributed by atoms with Gasteiger partial charge in [0, 0.05) is 22.7 Å². The van der Waals surface area contributed by atoms with Crippen molar-refractivity contribution in [1.29, 1.82) is 0 Å². The molecule has 0 aliphatic heterocycles. The van der Waals surface area contributed by atoms with Gasteiger partial charge in [0.2, 0.25) is 5.75 Å². The summed E-state index contributed by atoms with van der Waals surface area (Å²) >= 11 is 1.75. The number of rotatable bonds is 6. The zero-order valence-corrected chi connectivity index (χ0v) is 13.8. The summed E-state index contributed by atoms with van der Waals surface area (Å²) in [7, 11) is 4.84. The molecule has 4 nitrogen and oxygen atoms in total. The van der Waals surface area contributed by atoms with Gasteiger partial charge in [-0.15, -0.1) is 11.3 Å². The predicted octanol–water partition coefficient (Wildman–Crippen LogP) is 4.26. The van der Waals surface area contributed by atoms with Crippen molar-refractivity contribution in [1.82, 2.24) is 0 Å². The van der Waals surface area contributed by atoms with E-state index in [1.54, 1.807) is 32.7 Å². The lowest BCUT2D eigenvalue weighted by Gasteiger charge is -2.18. The Morgan fingerprint density at radius 2 is 1.67 bits per heavy atom. The Morgan fingerprint density at radius 3 is 2.10 bits per heavy atom. The van der Waals surface area contributed by atoms with Crippen LogP contribution in [0, 0.1) is 6.92 Å². The number of benzene rings is 1. The highest BCUT2D eigenvalue weighted by atomic mass is 32.1. The molecule has 1 aromatic carbocycles. The van der Waals surface area contributed by atoms with Crippen LogP contribution in [0.1, 0.15) is 23.4 Å². The van der Waals surface area contributed by atoms with Gasteiger partial charge in [-0.2, -0.15) is 0 Å². The van der Waals surface area contributed by atoms with E-state index in [1.807, 2.05) is 12.1 Å². The number of thiophene rings is 1. The Morgan fingerprint density at radius 1 is 1.05 bits per heavy atom. The molecule has 0 fully saturated rings. The van der Waals surface area contributed by atoms with Crippen LogP contribution >= 0.6 is 11.3 Å². The maximum absolute atomic E-state index is 5.37. The van der Waals surface area contributed by atoms with Gasteiger partial charge < -0.3 is 19.5 Å². The molecule has 0 spiro atoms. The standard InChI is InChI=1S/C16H21NO3S/c1-10-6-7-21-16(10)11(2)17-12-8-13(18-3)15(20-5)14(9-12)19-4/h6-9,11,17H,1-5H3. The first-order valence-corrected chi connectivity index (χ1v) is 7.59. The molecule has 2 rings (SSSR count). The lowest BCUT2D eigenvalue weighted by Crippen LogP contribution is -2.07. The Bertz CT molecular complexity index is 584. The Labute approximate surface area is 129 Å². The molecule has 1 atom stereocenters. The molecule has 5 heteroatoms. The van der Waals surface area contributed by atoms with Crippen LogP contribution in [0.2, 0.25) is 0 Å². The van der Waals surface area contributed by atoms with Gasteiger partial charge in [-0.3, -0.25) is 0 Å². The second-order valence-corrected chi connectivity index (χ2v) is 5.70. The molecule has 0 radical (unpaired) electrons. The summed E-state index contributed by atoms with van der Waals surface area (Å²) < 4.78 is 16.1. The number of nitrogens with one attached hydrogen (secondary N) is 1. The second kappa shape index (κ2) is 6.72. The van der Waals surface area contributed by atoms with E-state index < -0.39 is 0 Å². The molecule has 0 amide bonds. The van der Waals surface area contributed by atoms with Crippen LogP contribution in [0.5, 0.6) is 17.2 Å². The van der Waals surface area contributed by atoms with Crippen LogP contribution in [-0.2, 0) is 0 Å². The second-order valence-electron chi connectivity index (χ2n) is 4.75. The molecule has 0 saturated heterocycles. The van der Waals surface area contributed by atoms with E-state index in [0.29, 0.717) is 17.2 Å². The Kier molecular flexibility index (Phi) is 4.96. The molecule has 1 heterocycles. The monoisotopic (exact) mass is 307 g/mol. The van der Waals surface area contributed by atoms with Gasteiger partial charge in [0.15, 0.2) is 11.5 Å². The highest BCUT2D eigenvalue weighted by Crippen LogP contribution is 2.41. The summed E-state index contributed by atoms with van der Waals surface area (Å²) in [5.74, 6) is 1.90. The number of anilines is 1. The maximum atomic E-state index is 5.37. The third kappa shape index (κ3) is 3.24. The highest BCUT2D eigenvalue weighted by molar-refractivity contribution is 7.10. The number of aryl methyl sites for hydroxylation is 1. The SMILES string of the molecule is COc1cc(NC(C)c2sccc2C)cc(OC)c1OC. The molecule has 0 bridgehead atoms. The minimum Gasteiger partial charge on any atom is -0.493 e.